The number of hydrazine groups is 1. The monoisotopic (exact) mass is 527 g/mol. The molecule has 1 unspecified atom stereocenters. The van der Waals surface area contributed by atoms with Gasteiger partial charge in [0.15, 0.2) is 0 Å². The summed E-state index contributed by atoms with van der Waals surface area (Å²) in [6.45, 7) is 5.62. The Balaban J connectivity index is 1.38. The summed E-state index contributed by atoms with van der Waals surface area (Å²) in [6.07, 6.45) is -1.31. The van der Waals surface area contributed by atoms with E-state index in [-0.39, 0.29) is 17.0 Å². The number of rotatable bonds is 6. The number of benzene rings is 2. The molecule has 5 rings (SSSR count). The van der Waals surface area contributed by atoms with E-state index in [2.05, 4.69) is 36.2 Å². The standard InChI is InChI=1S/C26H28F3N7S/c1-16(2)19-5-3-4-6-22(19)37-23-8-7-18(13-20(23)26(27,28)29)21-14-24(31-15-30-21)36-11-9-17(10-12-36)25-32-34-35-33-25/h3-8,13-17,25H,9-12H2,1-2H3,(H,32,35)(H,33,34). The molecule has 7 nitrogen and oxygen atoms in total. The SMILES string of the molecule is CC(C)c1ccccc1Sc1ccc(-c2cc(N3CCC(C4N=NNN4)CC3)ncn2)cc1C(F)(F)F. The molecular weight excluding hydrogens is 499 g/mol. The number of anilines is 1. The van der Waals surface area contributed by atoms with Crippen molar-refractivity contribution in [3.63, 3.8) is 0 Å². The zero-order chi connectivity index (χ0) is 26.0. The predicted octanol–water partition coefficient (Wildman–Crippen LogP) is 6.45. The average Bonchev–Trinajstić information content (AvgIpc) is 3.44. The van der Waals surface area contributed by atoms with Gasteiger partial charge in [0.05, 0.1) is 11.3 Å². The maximum atomic E-state index is 14.2. The number of piperidine rings is 1. The van der Waals surface area contributed by atoms with E-state index in [1.165, 1.54) is 12.4 Å². The number of hydrogen-bond acceptors (Lipinski definition) is 8. The second-order valence-electron chi connectivity index (χ2n) is 9.51. The molecule has 2 aliphatic rings. The van der Waals surface area contributed by atoms with Crippen molar-refractivity contribution in [2.24, 2.45) is 16.3 Å². The minimum atomic E-state index is -4.50. The van der Waals surface area contributed by atoms with Crippen molar-refractivity contribution in [3.8, 4) is 11.3 Å². The minimum Gasteiger partial charge on any atom is -0.356 e. The van der Waals surface area contributed by atoms with Crippen LogP contribution in [-0.2, 0) is 6.18 Å². The molecular formula is C26H28F3N7S. The number of nitrogens with zero attached hydrogens (tertiary/aromatic N) is 5. The van der Waals surface area contributed by atoms with Crippen molar-refractivity contribution in [1.29, 1.82) is 0 Å². The average molecular weight is 528 g/mol. The number of hydrogen-bond donors (Lipinski definition) is 2. The van der Waals surface area contributed by atoms with Crippen molar-refractivity contribution >= 4 is 17.6 Å². The van der Waals surface area contributed by atoms with E-state index in [4.69, 9.17) is 0 Å². The van der Waals surface area contributed by atoms with Crippen LogP contribution in [0.1, 0.15) is 43.7 Å². The lowest BCUT2D eigenvalue weighted by Crippen LogP contribution is -2.43. The maximum absolute atomic E-state index is 14.2. The Hall–Kier alpha value is -3.18. The molecule has 0 amide bonds. The summed E-state index contributed by atoms with van der Waals surface area (Å²) in [4.78, 5) is 11.8. The lowest BCUT2D eigenvalue weighted by molar-refractivity contribution is -0.139. The molecule has 3 aromatic rings. The second-order valence-corrected chi connectivity index (χ2v) is 10.6. The van der Waals surface area contributed by atoms with Gasteiger partial charge in [-0.3, -0.25) is 0 Å². The molecule has 1 saturated heterocycles. The molecule has 1 fully saturated rings. The Kier molecular flexibility index (Phi) is 7.34. The van der Waals surface area contributed by atoms with Crippen molar-refractivity contribution in [2.75, 3.05) is 18.0 Å². The Labute approximate surface area is 217 Å². The fourth-order valence-corrected chi connectivity index (χ4v) is 5.94. The topological polar surface area (TPSA) is 77.8 Å². The quantitative estimate of drug-likeness (QED) is 0.383. The van der Waals surface area contributed by atoms with Crippen LogP contribution in [0.5, 0.6) is 0 Å². The first-order valence-electron chi connectivity index (χ1n) is 12.3. The molecule has 3 heterocycles. The van der Waals surface area contributed by atoms with E-state index in [0.29, 0.717) is 23.0 Å². The molecule has 194 valence electrons. The Morgan fingerprint density at radius 1 is 1.00 bits per heavy atom. The molecule has 11 heteroatoms. The van der Waals surface area contributed by atoms with Crippen LogP contribution in [0.2, 0.25) is 0 Å². The van der Waals surface area contributed by atoms with Gasteiger partial charge in [-0.1, -0.05) is 55.1 Å². The van der Waals surface area contributed by atoms with Crippen molar-refractivity contribution in [3.05, 3.63) is 66.0 Å². The van der Waals surface area contributed by atoms with Crippen LogP contribution in [0.15, 0.2) is 75.0 Å². The van der Waals surface area contributed by atoms with Crippen LogP contribution < -0.4 is 15.9 Å². The van der Waals surface area contributed by atoms with Crippen LogP contribution in [-0.4, -0.2) is 29.2 Å². The van der Waals surface area contributed by atoms with Crippen LogP contribution >= 0.6 is 11.8 Å². The van der Waals surface area contributed by atoms with E-state index in [0.717, 1.165) is 48.2 Å². The predicted molar refractivity (Wildman–Crippen MR) is 137 cm³/mol. The van der Waals surface area contributed by atoms with Gasteiger partial charge in [0.2, 0.25) is 0 Å². The third-order valence-electron chi connectivity index (χ3n) is 6.75. The van der Waals surface area contributed by atoms with Gasteiger partial charge in [-0.2, -0.15) is 18.6 Å². The normalized spacial score (nSPS) is 18.4. The van der Waals surface area contributed by atoms with Crippen molar-refractivity contribution in [2.45, 2.75) is 54.7 Å². The number of halogens is 3. The number of aromatic nitrogens is 2. The molecule has 2 aromatic carbocycles. The summed E-state index contributed by atoms with van der Waals surface area (Å²) in [6, 6.07) is 13.8. The van der Waals surface area contributed by atoms with E-state index in [1.807, 2.05) is 38.1 Å². The van der Waals surface area contributed by atoms with Crippen molar-refractivity contribution in [1.82, 2.24) is 20.9 Å². The highest BCUT2D eigenvalue weighted by Gasteiger charge is 2.34. The minimum absolute atomic E-state index is 0.0345. The Bertz CT molecular complexity index is 1270. The van der Waals surface area contributed by atoms with E-state index in [1.54, 1.807) is 18.2 Å². The Morgan fingerprint density at radius 2 is 1.78 bits per heavy atom. The van der Waals surface area contributed by atoms with Crippen LogP contribution in [0.3, 0.4) is 0 Å². The molecule has 2 N–H and O–H groups in total. The molecule has 0 spiro atoms. The number of nitrogens with one attached hydrogen (secondary N) is 2. The van der Waals surface area contributed by atoms with Gasteiger partial charge in [0.1, 0.15) is 18.3 Å². The van der Waals surface area contributed by atoms with Gasteiger partial charge in [-0.15, -0.1) is 5.11 Å². The third-order valence-corrected chi connectivity index (χ3v) is 7.92. The van der Waals surface area contributed by atoms with E-state index in [9.17, 15) is 13.2 Å². The zero-order valence-corrected chi connectivity index (χ0v) is 21.4. The van der Waals surface area contributed by atoms with Crippen LogP contribution in [0.4, 0.5) is 19.0 Å². The summed E-state index contributed by atoms with van der Waals surface area (Å²) in [5, 5.41) is 7.93. The zero-order valence-electron chi connectivity index (χ0n) is 20.5. The fourth-order valence-electron chi connectivity index (χ4n) is 4.72. The van der Waals surface area contributed by atoms with E-state index < -0.39 is 11.7 Å². The molecule has 37 heavy (non-hydrogen) atoms. The van der Waals surface area contributed by atoms with Crippen LogP contribution in [0.25, 0.3) is 11.3 Å². The Morgan fingerprint density at radius 3 is 2.49 bits per heavy atom. The largest absolute Gasteiger partial charge is 0.417 e. The molecule has 1 aromatic heterocycles. The molecule has 0 radical (unpaired) electrons. The summed E-state index contributed by atoms with van der Waals surface area (Å²) >= 11 is 1.15. The number of alkyl halides is 3. The van der Waals surface area contributed by atoms with Gasteiger partial charge in [0, 0.05) is 40.4 Å². The van der Waals surface area contributed by atoms with Gasteiger partial charge < -0.3 is 4.90 Å². The summed E-state index contributed by atoms with van der Waals surface area (Å²) < 4.78 is 42.5. The van der Waals surface area contributed by atoms with Gasteiger partial charge in [-0.05, 0) is 42.5 Å². The molecule has 1 atom stereocenters. The molecule has 2 aliphatic heterocycles. The highest BCUT2D eigenvalue weighted by atomic mass is 32.2. The molecule has 0 saturated carbocycles. The summed E-state index contributed by atoms with van der Waals surface area (Å²) in [5.74, 6) is 1.27. The van der Waals surface area contributed by atoms with Crippen LogP contribution in [0, 0.1) is 5.92 Å². The third kappa shape index (κ3) is 5.72. The van der Waals surface area contributed by atoms with Crippen molar-refractivity contribution < 1.29 is 13.2 Å². The molecule has 0 aliphatic carbocycles. The highest BCUT2D eigenvalue weighted by Crippen LogP contribution is 2.43. The van der Waals surface area contributed by atoms with Gasteiger partial charge in [-0.25, -0.2) is 15.5 Å². The van der Waals surface area contributed by atoms with Gasteiger partial charge >= 0.3 is 6.18 Å². The summed E-state index contributed by atoms with van der Waals surface area (Å²) in [7, 11) is 0. The highest BCUT2D eigenvalue weighted by molar-refractivity contribution is 7.99. The van der Waals surface area contributed by atoms with Gasteiger partial charge in [0.25, 0.3) is 0 Å². The first kappa shape index (κ1) is 25.5. The smallest absolute Gasteiger partial charge is 0.356 e. The fraction of sp³-hybridized carbons (Fsp3) is 0.385. The lowest BCUT2D eigenvalue weighted by atomic mass is 9.94. The second kappa shape index (κ2) is 10.7. The maximum Gasteiger partial charge on any atom is 0.417 e. The first-order valence-corrected chi connectivity index (χ1v) is 13.1. The van der Waals surface area contributed by atoms with E-state index >= 15 is 0 Å². The molecule has 0 bridgehead atoms. The first-order chi connectivity index (χ1) is 17.8. The summed E-state index contributed by atoms with van der Waals surface area (Å²) in [5.41, 5.74) is 6.94. The lowest BCUT2D eigenvalue weighted by Gasteiger charge is -2.34.